The van der Waals surface area contributed by atoms with Crippen LogP contribution in [0.5, 0.6) is 0 Å². The molecule has 7 heteroatoms. The van der Waals surface area contributed by atoms with Crippen molar-refractivity contribution < 1.29 is 22.7 Å². The average molecular weight is 379 g/mol. The Kier molecular flexibility index (Phi) is 5.83. The molecule has 2 aromatic carbocycles. The van der Waals surface area contributed by atoms with E-state index in [0.717, 1.165) is 0 Å². The Hall–Kier alpha value is -2.25. The first-order valence-electron chi connectivity index (χ1n) is 8.05. The molecule has 0 aliphatic heterocycles. The smallest absolute Gasteiger partial charge is 0.255 e. The number of benzene rings is 2. The Morgan fingerprint density at radius 1 is 1.19 bits per heavy atom. The second-order valence-corrected chi connectivity index (χ2v) is 9.02. The number of carbonyl (C=O) groups is 1. The molecule has 0 atom stereocenters. The summed E-state index contributed by atoms with van der Waals surface area (Å²) in [6.07, 6.45) is 0. The molecule has 0 aliphatic rings. The van der Waals surface area contributed by atoms with Crippen LogP contribution >= 0.6 is 0 Å². The molecule has 0 spiro atoms. The van der Waals surface area contributed by atoms with Gasteiger partial charge < -0.3 is 10.4 Å². The molecule has 2 aromatic rings. The van der Waals surface area contributed by atoms with E-state index in [0.29, 0.717) is 11.3 Å². The molecule has 1 amide bonds. The first kappa shape index (κ1) is 20.1. The highest BCUT2D eigenvalue weighted by Crippen LogP contribution is 2.23. The molecule has 5 nitrogen and oxygen atoms in total. The average Bonchev–Trinajstić information content (AvgIpc) is 2.57. The standard InChI is InChI=1S/C19H22FNO4S/c1-13-9-15(7-8-17(13)20)21-18(23)14-5-4-6-16(10-14)26(24,25)12-19(2,3)11-22/h4-10,22H,11-12H2,1-3H3,(H,21,23). The van der Waals surface area contributed by atoms with E-state index in [4.69, 9.17) is 0 Å². The van der Waals surface area contributed by atoms with Crippen molar-refractivity contribution in [3.63, 3.8) is 0 Å². The molecule has 0 saturated heterocycles. The zero-order valence-corrected chi connectivity index (χ0v) is 15.7. The van der Waals surface area contributed by atoms with Crippen LogP contribution < -0.4 is 5.32 Å². The number of anilines is 1. The monoisotopic (exact) mass is 379 g/mol. The predicted octanol–water partition coefficient (Wildman–Crippen LogP) is 3.18. The van der Waals surface area contributed by atoms with Gasteiger partial charge in [0.2, 0.25) is 0 Å². The molecule has 2 rings (SSSR count). The summed E-state index contributed by atoms with van der Waals surface area (Å²) in [7, 11) is -3.66. The van der Waals surface area contributed by atoms with Crippen LogP contribution in [0.4, 0.5) is 10.1 Å². The fourth-order valence-corrected chi connectivity index (χ4v) is 4.28. The summed E-state index contributed by atoms with van der Waals surface area (Å²) in [5.41, 5.74) is 0.201. The Labute approximate surface area is 152 Å². The highest BCUT2D eigenvalue weighted by molar-refractivity contribution is 7.91. The largest absolute Gasteiger partial charge is 0.396 e. The number of aliphatic hydroxyl groups is 1. The number of hydrogen-bond donors (Lipinski definition) is 2. The third-order valence-electron chi connectivity index (χ3n) is 3.88. The van der Waals surface area contributed by atoms with Crippen LogP contribution in [0.15, 0.2) is 47.4 Å². The summed E-state index contributed by atoms with van der Waals surface area (Å²) in [4.78, 5) is 12.4. The molecule has 0 heterocycles. The zero-order chi connectivity index (χ0) is 19.5. The van der Waals surface area contributed by atoms with Gasteiger partial charge in [-0.2, -0.15) is 0 Å². The van der Waals surface area contributed by atoms with Crippen molar-refractivity contribution >= 4 is 21.4 Å². The molecule has 2 N–H and O–H groups in total. The lowest BCUT2D eigenvalue weighted by Crippen LogP contribution is -2.27. The molecule has 140 valence electrons. The van der Waals surface area contributed by atoms with Crippen molar-refractivity contribution in [3.05, 3.63) is 59.4 Å². The normalized spacial score (nSPS) is 12.0. The first-order valence-corrected chi connectivity index (χ1v) is 9.70. The number of halogens is 1. The highest BCUT2D eigenvalue weighted by Gasteiger charge is 2.27. The minimum absolute atomic E-state index is 0.0157. The van der Waals surface area contributed by atoms with E-state index >= 15 is 0 Å². The highest BCUT2D eigenvalue weighted by atomic mass is 32.2. The molecule has 0 aliphatic carbocycles. The lowest BCUT2D eigenvalue weighted by Gasteiger charge is -2.21. The molecular formula is C19H22FNO4S. The molecule has 0 radical (unpaired) electrons. The molecule has 26 heavy (non-hydrogen) atoms. The molecule has 0 unspecified atom stereocenters. The van der Waals surface area contributed by atoms with E-state index in [1.807, 2.05) is 0 Å². The predicted molar refractivity (Wildman–Crippen MR) is 98.5 cm³/mol. The van der Waals surface area contributed by atoms with Crippen LogP contribution in [0.1, 0.15) is 29.8 Å². The number of carbonyl (C=O) groups excluding carboxylic acids is 1. The van der Waals surface area contributed by atoms with Crippen molar-refractivity contribution in [2.45, 2.75) is 25.7 Å². The Morgan fingerprint density at radius 3 is 2.50 bits per heavy atom. The third kappa shape index (κ3) is 4.89. The van der Waals surface area contributed by atoms with Crippen LogP contribution in [0, 0.1) is 18.2 Å². The van der Waals surface area contributed by atoms with Gasteiger partial charge in [0, 0.05) is 23.3 Å². The fourth-order valence-electron chi connectivity index (χ4n) is 2.40. The van der Waals surface area contributed by atoms with Gasteiger partial charge in [-0.3, -0.25) is 4.79 Å². The summed E-state index contributed by atoms with van der Waals surface area (Å²) >= 11 is 0. The zero-order valence-electron chi connectivity index (χ0n) is 14.9. The van der Waals surface area contributed by atoms with E-state index in [-0.39, 0.29) is 28.6 Å². The van der Waals surface area contributed by atoms with Crippen LogP contribution in [0.25, 0.3) is 0 Å². The summed E-state index contributed by atoms with van der Waals surface area (Å²) in [6.45, 7) is 4.62. The maximum Gasteiger partial charge on any atom is 0.255 e. The van der Waals surface area contributed by atoms with Crippen molar-refractivity contribution in [1.82, 2.24) is 0 Å². The number of nitrogens with one attached hydrogen (secondary N) is 1. The van der Waals surface area contributed by atoms with Gasteiger partial charge in [0.05, 0.1) is 10.6 Å². The van der Waals surface area contributed by atoms with Gasteiger partial charge in [-0.05, 0) is 48.9 Å². The summed E-state index contributed by atoms with van der Waals surface area (Å²) in [5.74, 6) is -1.10. The maximum absolute atomic E-state index is 13.3. The Balaban J connectivity index is 2.25. The van der Waals surface area contributed by atoms with Gasteiger partial charge in [0.25, 0.3) is 5.91 Å². The van der Waals surface area contributed by atoms with E-state index in [1.54, 1.807) is 20.8 Å². The van der Waals surface area contributed by atoms with Crippen molar-refractivity contribution in [2.24, 2.45) is 5.41 Å². The second-order valence-electron chi connectivity index (χ2n) is 7.03. The number of amides is 1. The van der Waals surface area contributed by atoms with E-state index in [1.165, 1.54) is 42.5 Å². The summed E-state index contributed by atoms with van der Waals surface area (Å²) in [6, 6.07) is 9.90. The molecular weight excluding hydrogens is 357 g/mol. The van der Waals surface area contributed by atoms with Gasteiger partial charge in [-0.25, -0.2) is 12.8 Å². The van der Waals surface area contributed by atoms with Gasteiger partial charge in [0.15, 0.2) is 9.84 Å². The number of aliphatic hydroxyl groups excluding tert-OH is 1. The van der Waals surface area contributed by atoms with Gasteiger partial charge >= 0.3 is 0 Å². The van der Waals surface area contributed by atoms with Gasteiger partial charge in [0.1, 0.15) is 5.82 Å². The number of hydrogen-bond acceptors (Lipinski definition) is 4. The number of aryl methyl sites for hydroxylation is 1. The first-order chi connectivity index (χ1) is 12.0. The van der Waals surface area contributed by atoms with Gasteiger partial charge in [-0.1, -0.05) is 19.9 Å². The lowest BCUT2D eigenvalue weighted by atomic mass is 9.98. The fraction of sp³-hybridized carbons (Fsp3) is 0.316. The second kappa shape index (κ2) is 7.55. The molecule has 0 saturated carbocycles. The van der Waals surface area contributed by atoms with Crippen molar-refractivity contribution in [2.75, 3.05) is 17.7 Å². The van der Waals surface area contributed by atoms with E-state index < -0.39 is 21.2 Å². The van der Waals surface area contributed by atoms with Gasteiger partial charge in [-0.15, -0.1) is 0 Å². The summed E-state index contributed by atoms with van der Waals surface area (Å²) in [5, 5.41) is 11.9. The minimum Gasteiger partial charge on any atom is -0.396 e. The Morgan fingerprint density at radius 2 is 1.88 bits per heavy atom. The number of sulfone groups is 1. The Bertz CT molecular complexity index is 923. The van der Waals surface area contributed by atoms with Crippen LogP contribution in [-0.2, 0) is 9.84 Å². The van der Waals surface area contributed by atoms with E-state index in [9.17, 15) is 22.7 Å². The SMILES string of the molecule is Cc1cc(NC(=O)c2cccc(S(=O)(=O)CC(C)(C)CO)c2)ccc1F. The topological polar surface area (TPSA) is 83.5 Å². The number of rotatable bonds is 6. The molecule has 0 aromatic heterocycles. The lowest BCUT2D eigenvalue weighted by molar-refractivity contribution is 0.102. The van der Waals surface area contributed by atoms with Crippen molar-refractivity contribution in [1.29, 1.82) is 0 Å². The van der Waals surface area contributed by atoms with Crippen LogP contribution in [0.3, 0.4) is 0 Å². The quantitative estimate of drug-likeness (QED) is 0.807. The summed E-state index contributed by atoms with van der Waals surface area (Å²) < 4.78 is 38.4. The van der Waals surface area contributed by atoms with E-state index in [2.05, 4.69) is 5.32 Å². The van der Waals surface area contributed by atoms with Crippen LogP contribution in [-0.4, -0.2) is 31.8 Å². The maximum atomic E-state index is 13.3. The minimum atomic E-state index is -3.66. The van der Waals surface area contributed by atoms with Crippen LogP contribution in [0.2, 0.25) is 0 Å². The third-order valence-corrected chi connectivity index (χ3v) is 6.01. The van der Waals surface area contributed by atoms with Crippen molar-refractivity contribution in [3.8, 4) is 0 Å². The molecule has 0 fully saturated rings. The molecule has 0 bridgehead atoms.